The van der Waals surface area contributed by atoms with E-state index in [1.54, 1.807) is 0 Å². The van der Waals surface area contributed by atoms with Crippen LogP contribution in [0.1, 0.15) is 5.56 Å². The van der Waals surface area contributed by atoms with Crippen molar-refractivity contribution in [2.75, 3.05) is 0 Å². The Labute approximate surface area is 88.4 Å². The summed E-state index contributed by atoms with van der Waals surface area (Å²) in [5.74, 6) is 0. The Balaban J connectivity index is 2.35. The molecule has 0 unspecified atom stereocenters. The van der Waals surface area contributed by atoms with Crippen molar-refractivity contribution >= 4 is 10.8 Å². The summed E-state index contributed by atoms with van der Waals surface area (Å²) in [5, 5.41) is 20.0. The molecular weight excluding hydrogens is 186 g/mol. The van der Waals surface area contributed by atoms with E-state index in [9.17, 15) is 5.11 Å². The summed E-state index contributed by atoms with van der Waals surface area (Å²) >= 11 is 0. The maximum Gasteiger partial charge on any atom is 0.144 e. The Morgan fingerprint density at radius 1 is 1.13 bits per heavy atom. The van der Waals surface area contributed by atoms with E-state index < -0.39 is 6.10 Å². The number of benzene rings is 2. The van der Waals surface area contributed by atoms with Gasteiger partial charge in [-0.15, -0.1) is 0 Å². The van der Waals surface area contributed by atoms with Crippen molar-refractivity contribution < 1.29 is 5.11 Å². The Kier molecular flexibility index (Phi) is 2.66. The lowest BCUT2D eigenvalue weighted by Gasteiger charge is -2.04. The summed E-state index contributed by atoms with van der Waals surface area (Å²) in [6.07, 6.45) is -0.521. The number of hydrogen-bond acceptors (Lipinski definition) is 2. The van der Waals surface area contributed by atoms with Gasteiger partial charge in [0.2, 0.25) is 0 Å². The molecule has 2 nitrogen and oxygen atoms in total. The molecule has 0 heterocycles. The molecule has 2 heteroatoms. The van der Waals surface area contributed by atoms with Crippen molar-refractivity contribution in [2.24, 2.45) is 0 Å². The SMILES string of the molecule is N#C[C@@H](O)Cc1ccc2ccccc2c1. The molecule has 1 atom stereocenters. The summed E-state index contributed by atoms with van der Waals surface area (Å²) < 4.78 is 0. The quantitative estimate of drug-likeness (QED) is 0.750. The Morgan fingerprint density at radius 3 is 2.60 bits per heavy atom. The standard InChI is InChI=1S/C13H11NO/c14-9-13(15)8-10-5-6-11-3-1-2-4-12(11)7-10/h1-7,13,15H,8H2/t13-/m0/s1. The Bertz CT molecular complexity index is 513. The number of rotatable bonds is 2. The van der Waals surface area contributed by atoms with Gasteiger partial charge in [-0.25, -0.2) is 0 Å². The van der Waals surface area contributed by atoms with Gasteiger partial charge in [0, 0.05) is 6.42 Å². The molecule has 0 aliphatic heterocycles. The molecule has 0 fully saturated rings. The summed E-state index contributed by atoms with van der Waals surface area (Å²) in [5.41, 5.74) is 0.989. The lowest BCUT2D eigenvalue weighted by molar-refractivity contribution is 0.231. The van der Waals surface area contributed by atoms with E-state index >= 15 is 0 Å². The number of nitriles is 1. The molecule has 0 aliphatic carbocycles. The van der Waals surface area contributed by atoms with Crippen LogP contribution < -0.4 is 0 Å². The van der Waals surface area contributed by atoms with E-state index in [4.69, 9.17) is 5.26 Å². The fourth-order valence-electron chi connectivity index (χ4n) is 1.63. The molecule has 2 aromatic carbocycles. The molecule has 2 aromatic rings. The zero-order chi connectivity index (χ0) is 10.7. The predicted octanol–water partition coefficient (Wildman–Crippen LogP) is 2.27. The minimum atomic E-state index is -0.911. The minimum absolute atomic E-state index is 0.390. The number of fused-ring (bicyclic) bond motifs is 1. The van der Waals surface area contributed by atoms with Crippen molar-refractivity contribution in [1.29, 1.82) is 5.26 Å². The highest BCUT2D eigenvalue weighted by molar-refractivity contribution is 5.82. The van der Waals surface area contributed by atoms with Crippen molar-refractivity contribution in [3.63, 3.8) is 0 Å². The third-order valence-corrected chi connectivity index (χ3v) is 2.39. The number of nitrogens with zero attached hydrogens (tertiary/aromatic N) is 1. The van der Waals surface area contributed by atoms with E-state index in [1.165, 1.54) is 5.39 Å². The predicted molar refractivity (Wildman–Crippen MR) is 59.3 cm³/mol. The largest absolute Gasteiger partial charge is 0.378 e. The summed E-state index contributed by atoms with van der Waals surface area (Å²) in [6, 6.07) is 15.8. The third kappa shape index (κ3) is 2.15. The Hall–Kier alpha value is -1.85. The van der Waals surface area contributed by atoms with Gasteiger partial charge in [-0.3, -0.25) is 0 Å². The molecule has 0 aliphatic rings. The van der Waals surface area contributed by atoms with E-state index in [2.05, 4.69) is 0 Å². The summed E-state index contributed by atoms with van der Waals surface area (Å²) in [4.78, 5) is 0. The van der Waals surface area contributed by atoms with Crippen molar-refractivity contribution in [3.05, 3.63) is 48.0 Å². The second-order valence-corrected chi connectivity index (χ2v) is 3.53. The molecular formula is C13H11NO. The monoisotopic (exact) mass is 197 g/mol. The van der Waals surface area contributed by atoms with Gasteiger partial charge in [-0.1, -0.05) is 42.5 Å². The molecule has 0 saturated heterocycles. The molecule has 74 valence electrons. The Morgan fingerprint density at radius 2 is 1.87 bits per heavy atom. The normalized spacial score (nSPS) is 12.3. The number of hydrogen-bond donors (Lipinski definition) is 1. The molecule has 0 aromatic heterocycles. The van der Waals surface area contributed by atoms with E-state index in [-0.39, 0.29) is 0 Å². The first-order valence-electron chi connectivity index (χ1n) is 4.85. The maximum absolute atomic E-state index is 9.22. The van der Waals surface area contributed by atoms with Crippen LogP contribution in [0.2, 0.25) is 0 Å². The minimum Gasteiger partial charge on any atom is -0.378 e. The lowest BCUT2D eigenvalue weighted by atomic mass is 10.0. The molecule has 15 heavy (non-hydrogen) atoms. The average Bonchev–Trinajstić information content (AvgIpc) is 2.29. The van der Waals surface area contributed by atoms with Gasteiger partial charge >= 0.3 is 0 Å². The second-order valence-electron chi connectivity index (χ2n) is 3.53. The van der Waals surface area contributed by atoms with Crippen LogP contribution in [0.3, 0.4) is 0 Å². The smallest absolute Gasteiger partial charge is 0.144 e. The zero-order valence-corrected chi connectivity index (χ0v) is 8.22. The van der Waals surface area contributed by atoms with E-state index in [0.717, 1.165) is 10.9 Å². The first-order chi connectivity index (χ1) is 7.29. The van der Waals surface area contributed by atoms with Crippen LogP contribution >= 0.6 is 0 Å². The third-order valence-electron chi connectivity index (χ3n) is 2.39. The fourth-order valence-corrected chi connectivity index (χ4v) is 1.63. The van der Waals surface area contributed by atoms with Crippen molar-refractivity contribution in [2.45, 2.75) is 12.5 Å². The highest BCUT2D eigenvalue weighted by Gasteiger charge is 2.03. The van der Waals surface area contributed by atoms with Crippen LogP contribution in [0.25, 0.3) is 10.8 Å². The fraction of sp³-hybridized carbons (Fsp3) is 0.154. The van der Waals surface area contributed by atoms with Crippen LogP contribution in [-0.2, 0) is 6.42 Å². The molecule has 0 saturated carbocycles. The van der Waals surface area contributed by atoms with Gasteiger partial charge in [0.15, 0.2) is 0 Å². The van der Waals surface area contributed by atoms with Crippen molar-refractivity contribution in [3.8, 4) is 6.07 Å². The number of aliphatic hydroxyl groups excluding tert-OH is 1. The van der Waals surface area contributed by atoms with Gasteiger partial charge in [-0.05, 0) is 16.3 Å². The molecule has 1 N–H and O–H groups in total. The van der Waals surface area contributed by atoms with Crippen LogP contribution in [0.4, 0.5) is 0 Å². The van der Waals surface area contributed by atoms with Gasteiger partial charge in [0.25, 0.3) is 0 Å². The van der Waals surface area contributed by atoms with Crippen LogP contribution in [0.15, 0.2) is 42.5 Å². The van der Waals surface area contributed by atoms with Crippen molar-refractivity contribution in [1.82, 2.24) is 0 Å². The molecule has 0 spiro atoms. The summed E-state index contributed by atoms with van der Waals surface area (Å²) in [7, 11) is 0. The second kappa shape index (κ2) is 4.12. The first-order valence-corrected chi connectivity index (χ1v) is 4.85. The van der Waals surface area contributed by atoms with Gasteiger partial charge in [0.1, 0.15) is 6.10 Å². The van der Waals surface area contributed by atoms with Gasteiger partial charge in [0.05, 0.1) is 6.07 Å². The van der Waals surface area contributed by atoms with E-state index in [1.807, 2.05) is 48.5 Å². The average molecular weight is 197 g/mol. The van der Waals surface area contributed by atoms with E-state index in [0.29, 0.717) is 6.42 Å². The topological polar surface area (TPSA) is 44.0 Å². The summed E-state index contributed by atoms with van der Waals surface area (Å²) in [6.45, 7) is 0. The molecule has 0 radical (unpaired) electrons. The van der Waals surface area contributed by atoms with Crippen LogP contribution in [0, 0.1) is 11.3 Å². The number of aliphatic hydroxyl groups is 1. The van der Waals surface area contributed by atoms with Gasteiger partial charge < -0.3 is 5.11 Å². The molecule has 0 bridgehead atoms. The lowest BCUT2D eigenvalue weighted by Crippen LogP contribution is -2.06. The highest BCUT2D eigenvalue weighted by Crippen LogP contribution is 2.16. The molecule has 2 rings (SSSR count). The zero-order valence-electron chi connectivity index (χ0n) is 8.22. The first kappa shape index (κ1) is 9.70. The highest BCUT2D eigenvalue weighted by atomic mass is 16.3. The van der Waals surface area contributed by atoms with Gasteiger partial charge in [-0.2, -0.15) is 5.26 Å². The molecule has 0 amide bonds. The maximum atomic E-state index is 9.22. The van der Waals surface area contributed by atoms with Crippen LogP contribution in [0.5, 0.6) is 0 Å². The van der Waals surface area contributed by atoms with Crippen LogP contribution in [-0.4, -0.2) is 11.2 Å².